The van der Waals surface area contributed by atoms with Crippen molar-refractivity contribution in [3.05, 3.63) is 53.1 Å². The van der Waals surface area contributed by atoms with Crippen molar-refractivity contribution in [3.8, 4) is 0 Å². The van der Waals surface area contributed by atoms with E-state index >= 15 is 0 Å². The normalized spacial score (nSPS) is 19.7. The van der Waals surface area contributed by atoms with Gasteiger partial charge in [-0.15, -0.1) is 0 Å². The van der Waals surface area contributed by atoms with Crippen molar-refractivity contribution >= 4 is 6.08 Å². The molecule has 0 saturated carbocycles. The van der Waals surface area contributed by atoms with Crippen molar-refractivity contribution in [1.29, 1.82) is 0 Å². The molecule has 17 heavy (non-hydrogen) atoms. The Kier molecular flexibility index (Phi) is 3.51. The molecule has 0 aromatic heterocycles. The molecule has 1 aromatic carbocycles. The molecule has 2 unspecified atom stereocenters. The highest BCUT2D eigenvalue weighted by Crippen LogP contribution is 2.39. The Morgan fingerprint density at radius 3 is 2.71 bits per heavy atom. The highest BCUT2D eigenvalue weighted by molar-refractivity contribution is 5.66. The lowest BCUT2D eigenvalue weighted by molar-refractivity contribution is 0.630. The van der Waals surface area contributed by atoms with E-state index in [1.807, 2.05) is 0 Å². The average Bonchev–Trinajstić information content (AvgIpc) is 2.66. The first kappa shape index (κ1) is 12.2. The first-order valence-electron chi connectivity index (χ1n) is 6.60. The fourth-order valence-corrected chi connectivity index (χ4v) is 2.64. The van der Waals surface area contributed by atoms with Gasteiger partial charge in [-0.2, -0.15) is 0 Å². The van der Waals surface area contributed by atoms with Crippen LogP contribution in [0.2, 0.25) is 0 Å². The van der Waals surface area contributed by atoms with Gasteiger partial charge in [0.15, 0.2) is 0 Å². The van der Waals surface area contributed by atoms with Gasteiger partial charge in [-0.05, 0) is 29.9 Å². The van der Waals surface area contributed by atoms with E-state index < -0.39 is 0 Å². The molecule has 0 saturated heterocycles. The molecule has 0 amide bonds. The van der Waals surface area contributed by atoms with Gasteiger partial charge in [0.1, 0.15) is 0 Å². The Morgan fingerprint density at radius 2 is 2.06 bits per heavy atom. The molecule has 0 heterocycles. The summed E-state index contributed by atoms with van der Waals surface area (Å²) in [5.41, 5.74) is 5.82. The largest absolute Gasteiger partial charge is 0.0996 e. The van der Waals surface area contributed by atoms with E-state index in [1.54, 1.807) is 5.57 Å². The Hall–Kier alpha value is -1.30. The van der Waals surface area contributed by atoms with Crippen LogP contribution >= 0.6 is 0 Å². The SMILES string of the molecule is C=C(CC)C(C)CC1=Cc2ccccc2C1C. The van der Waals surface area contributed by atoms with Gasteiger partial charge in [-0.1, -0.05) is 68.8 Å². The number of benzene rings is 1. The molecule has 0 radical (unpaired) electrons. The molecule has 0 aliphatic heterocycles. The summed E-state index contributed by atoms with van der Waals surface area (Å²) in [6, 6.07) is 8.74. The fourth-order valence-electron chi connectivity index (χ4n) is 2.64. The standard InChI is InChI=1S/C17H22/c1-5-12(2)13(3)10-16-11-15-8-6-7-9-17(15)14(16)4/h6-9,11,13-14H,2,5,10H2,1,3-4H3. The van der Waals surface area contributed by atoms with Crippen LogP contribution in [0.5, 0.6) is 0 Å². The minimum absolute atomic E-state index is 0.582. The highest BCUT2D eigenvalue weighted by atomic mass is 14.3. The Balaban J connectivity index is 2.14. The molecular formula is C17H22. The van der Waals surface area contributed by atoms with Crippen molar-refractivity contribution in [2.24, 2.45) is 5.92 Å². The first-order chi connectivity index (χ1) is 8.13. The number of rotatable bonds is 4. The van der Waals surface area contributed by atoms with Crippen LogP contribution in [0.3, 0.4) is 0 Å². The summed E-state index contributed by atoms with van der Waals surface area (Å²) in [7, 11) is 0. The molecule has 1 aromatic rings. The van der Waals surface area contributed by atoms with Crippen molar-refractivity contribution < 1.29 is 0 Å². The lowest BCUT2D eigenvalue weighted by Crippen LogP contribution is -2.02. The predicted molar refractivity (Wildman–Crippen MR) is 76.0 cm³/mol. The number of hydrogen-bond acceptors (Lipinski definition) is 0. The van der Waals surface area contributed by atoms with Gasteiger partial charge in [0.25, 0.3) is 0 Å². The van der Waals surface area contributed by atoms with Crippen LogP contribution in [0.25, 0.3) is 6.08 Å². The zero-order valence-electron chi connectivity index (χ0n) is 11.2. The average molecular weight is 226 g/mol. The van der Waals surface area contributed by atoms with E-state index in [9.17, 15) is 0 Å². The molecule has 0 nitrogen and oxygen atoms in total. The Bertz CT molecular complexity index is 451. The zero-order valence-corrected chi connectivity index (χ0v) is 11.2. The summed E-state index contributed by atoms with van der Waals surface area (Å²) in [5.74, 6) is 1.18. The van der Waals surface area contributed by atoms with Gasteiger partial charge in [0.2, 0.25) is 0 Å². The molecular weight excluding hydrogens is 204 g/mol. The molecule has 0 heteroatoms. The van der Waals surface area contributed by atoms with E-state index in [4.69, 9.17) is 0 Å². The highest BCUT2D eigenvalue weighted by Gasteiger charge is 2.22. The maximum absolute atomic E-state index is 4.16. The van der Waals surface area contributed by atoms with Crippen LogP contribution in [0.15, 0.2) is 42.0 Å². The van der Waals surface area contributed by atoms with E-state index in [0.717, 1.165) is 12.8 Å². The fraction of sp³-hybridized carbons (Fsp3) is 0.412. The molecule has 1 aliphatic rings. The summed E-state index contributed by atoms with van der Waals surface area (Å²) in [6.07, 6.45) is 4.62. The van der Waals surface area contributed by atoms with Crippen LogP contribution in [0, 0.1) is 5.92 Å². The van der Waals surface area contributed by atoms with E-state index in [2.05, 4.69) is 57.7 Å². The van der Waals surface area contributed by atoms with Crippen molar-refractivity contribution in [2.75, 3.05) is 0 Å². The van der Waals surface area contributed by atoms with Crippen LogP contribution in [0.4, 0.5) is 0 Å². The number of fused-ring (bicyclic) bond motifs is 1. The molecule has 2 rings (SSSR count). The second-order valence-electron chi connectivity index (χ2n) is 5.19. The summed E-state index contributed by atoms with van der Waals surface area (Å²) >= 11 is 0. The molecule has 0 bridgehead atoms. The maximum Gasteiger partial charge on any atom is 0.00293 e. The summed E-state index contributed by atoms with van der Waals surface area (Å²) in [6.45, 7) is 11.0. The Labute approximate surface area is 105 Å². The van der Waals surface area contributed by atoms with E-state index in [1.165, 1.54) is 16.7 Å². The Morgan fingerprint density at radius 1 is 1.35 bits per heavy atom. The zero-order chi connectivity index (χ0) is 12.4. The third kappa shape index (κ3) is 2.36. The second-order valence-corrected chi connectivity index (χ2v) is 5.19. The molecule has 0 fully saturated rings. The minimum Gasteiger partial charge on any atom is -0.0996 e. The van der Waals surface area contributed by atoms with Gasteiger partial charge >= 0.3 is 0 Å². The second kappa shape index (κ2) is 4.91. The van der Waals surface area contributed by atoms with Crippen molar-refractivity contribution in [3.63, 3.8) is 0 Å². The molecule has 0 N–H and O–H groups in total. The van der Waals surface area contributed by atoms with Gasteiger partial charge in [0, 0.05) is 5.92 Å². The quantitative estimate of drug-likeness (QED) is 0.620. The van der Waals surface area contributed by atoms with Crippen LogP contribution in [-0.4, -0.2) is 0 Å². The lowest BCUT2D eigenvalue weighted by atomic mass is 9.88. The first-order valence-corrected chi connectivity index (χ1v) is 6.60. The maximum atomic E-state index is 4.16. The van der Waals surface area contributed by atoms with Gasteiger partial charge in [-0.25, -0.2) is 0 Å². The van der Waals surface area contributed by atoms with Crippen LogP contribution in [-0.2, 0) is 0 Å². The van der Waals surface area contributed by atoms with Gasteiger partial charge in [0.05, 0.1) is 0 Å². The van der Waals surface area contributed by atoms with Crippen LogP contribution < -0.4 is 0 Å². The van der Waals surface area contributed by atoms with E-state index in [-0.39, 0.29) is 0 Å². The van der Waals surface area contributed by atoms with Crippen molar-refractivity contribution in [1.82, 2.24) is 0 Å². The number of allylic oxidation sites excluding steroid dienone is 2. The molecule has 90 valence electrons. The molecule has 0 spiro atoms. The van der Waals surface area contributed by atoms with Gasteiger partial charge < -0.3 is 0 Å². The molecule has 2 atom stereocenters. The summed E-state index contributed by atoms with van der Waals surface area (Å²) in [5, 5.41) is 0. The van der Waals surface area contributed by atoms with Crippen molar-refractivity contribution in [2.45, 2.75) is 39.5 Å². The summed E-state index contributed by atoms with van der Waals surface area (Å²) in [4.78, 5) is 0. The number of hydrogen-bond donors (Lipinski definition) is 0. The smallest absolute Gasteiger partial charge is 0.00293 e. The molecule has 1 aliphatic carbocycles. The monoisotopic (exact) mass is 226 g/mol. The topological polar surface area (TPSA) is 0 Å². The third-order valence-corrected chi connectivity index (χ3v) is 4.05. The third-order valence-electron chi connectivity index (χ3n) is 4.05. The van der Waals surface area contributed by atoms with Gasteiger partial charge in [-0.3, -0.25) is 0 Å². The lowest BCUT2D eigenvalue weighted by Gasteiger charge is -2.17. The minimum atomic E-state index is 0.582. The predicted octanol–water partition coefficient (Wildman–Crippen LogP) is 5.18. The van der Waals surface area contributed by atoms with E-state index in [0.29, 0.717) is 11.8 Å². The summed E-state index contributed by atoms with van der Waals surface area (Å²) < 4.78 is 0. The van der Waals surface area contributed by atoms with Crippen LogP contribution in [0.1, 0.15) is 50.7 Å².